The summed E-state index contributed by atoms with van der Waals surface area (Å²) in [5, 5.41) is 0. The second-order valence-electron chi connectivity index (χ2n) is 13.5. The van der Waals surface area contributed by atoms with Gasteiger partial charge in [-0.25, -0.2) is 9.59 Å². The Morgan fingerprint density at radius 3 is 2.17 bits per heavy atom. The summed E-state index contributed by atoms with van der Waals surface area (Å²) in [4.78, 5) is 38.9. The lowest BCUT2D eigenvalue weighted by molar-refractivity contribution is -0.243. The van der Waals surface area contributed by atoms with Crippen molar-refractivity contribution in [2.75, 3.05) is 19.8 Å². The number of rotatable bonds is 5. The molecule has 2 unspecified atom stereocenters. The highest BCUT2D eigenvalue weighted by atomic mass is 16.6. The Balaban J connectivity index is 1.39. The first-order valence-corrected chi connectivity index (χ1v) is 14.9. The Hall–Kier alpha value is -3.19. The van der Waals surface area contributed by atoms with Gasteiger partial charge in [-0.05, 0) is 67.7 Å². The van der Waals surface area contributed by atoms with Gasteiger partial charge in [0.1, 0.15) is 12.7 Å². The van der Waals surface area contributed by atoms with Gasteiger partial charge in [-0.2, -0.15) is 0 Å². The summed E-state index contributed by atoms with van der Waals surface area (Å²) in [6.07, 6.45) is 4.13. The maximum atomic E-state index is 13.4. The van der Waals surface area contributed by atoms with E-state index in [-0.39, 0.29) is 41.2 Å². The molecule has 0 aromatic heterocycles. The molecule has 2 spiro atoms. The summed E-state index contributed by atoms with van der Waals surface area (Å²) in [6, 6.07) is 18.0. The number of cyclic esters (lactones) is 1. The minimum atomic E-state index is -0.731. The summed E-state index contributed by atoms with van der Waals surface area (Å²) in [5.41, 5.74) is -0.784. The van der Waals surface area contributed by atoms with Crippen LogP contribution in [0.1, 0.15) is 80.0 Å². The molecule has 2 aliphatic heterocycles. The molecule has 2 saturated heterocycles. The van der Waals surface area contributed by atoms with Crippen molar-refractivity contribution in [3.8, 4) is 0 Å². The van der Waals surface area contributed by atoms with Gasteiger partial charge in [0.25, 0.3) is 0 Å². The van der Waals surface area contributed by atoms with Crippen LogP contribution in [-0.2, 0) is 23.7 Å². The van der Waals surface area contributed by atoms with Crippen LogP contribution in [0.25, 0.3) is 0 Å². The number of esters is 3. The molecule has 7 atom stereocenters. The van der Waals surface area contributed by atoms with E-state index in [1.807, 2.05) is 36.4 Å². The molecule has 2 aromatic rings. The maximum absolute atomic E-state index is 13.4. The molecule has 4 aliphatic rings. The molecular formula is C34H40O7. The van der Waals surface area contributed by atoms with E-state index in [2.05, 4.69) is 20.8 Å². The van der Waals surface area contributed by atoms with Crippen molar-refractivity contribution in [2.45, 2.75) is 71.0 Å². The highest BCUT2D eigenvalue weighted by Gasteiger charge is 2.70. The third-order valence-corrected chi connectivity index (χ3v) is 10.7. The average Bonchev–Trinajstić information content (AvgIpc) is 3.54. The maximum Gasteiger partial charge on any atom is 0.338 e. The normalized spacial score (nSPS) is 37.9. The van der Waals surface area contributed by atoms with Crippen LogP contribution in [0.15, 0.2) is 60.7 Å². The number of hydrogen-bond donors (Lipinski definition) is 0. The Morgan fingerprint density at radius 2 is 1.54 bits per heavy atom. The standard InChI is InChI=1S/C34H40O7/c1-23-14-16-31(2)17-15-26(41-29(37)25-12-8-5-9-13-25)32(3,20-39-28(36)24-10-6-4-7-11-24)30(31)34(23)19-33(22-40-34)18-27(35)38-21-33/h4-13,23,26,30H,14-22H2,1-3H3/t23-,26-,30?,31+,32-,33?,34+/m0/s1. The van der Waals surface area contributed by atoms with Crippen LogP contribution < -0.4 is 0 Å². The molecule has 2 saturated carbocycles. The molecule has 2 heterocycles. The van der Waals surface area contributed by atoms with E-state index in [4.69, 9.17) is 18.9 Å². The van der Waals surface area contributed by atoms with Gasteiger partial charge in [0, 0.05) is 16.7 Å². The summed E-state index contributed by atoms with van der Waals surface area (Å²) >= 11 is 0. The smallest absolute Gasteiger partial charge is 0.338 e. The molecule has 0 N–H and O–H groups in total. The second kappa shape index (κ2) is 10.3. The van der Waals surface area contributed by atoms with E-state index >= 15 is 0 Å². The lowest BCUT2D eigenvalue weighted by Gasteiger charge is -2.64. The van der Waals surface area contributed by atoms with Gasteiger partial charge in [-0.15, -0.1) is 0 Å². The van der Waals surface area contributed by atoms with Crippen molar-refractivity contribution in [3.63, 3.8) is 0 Å². The van der Waals surface area contributed by atoms with E-state index in [0.717, 1.165) is 19.3 Å². The molecule has 218 valence electrons. The molecular weight excluding hydrogens is 520 g/mol. The monoisotopic (exact) mass is 560 g/mol. The zero-order valence-corrected chi connectivity index (χ0v) is 24.2. The molecule has 2 aliphatic carbocycles. The van der Waals surface area contributed by atoms with E-state index in [0.29, 0.717) is 43.6 Å². The lowest BCUT2D eigenvalue weighted by atomic mass is 9.43. The first-order chi connectivity index (χ1) is 19.6. The molecule has 41 heavy (non-hydrogen) atoms. The van der Waals surface area contributed by atoms with Gasteiger partial charge < -0.3 is 18.9 Å². The fourth-order valence-electron chi connectivity index (χ4n) is 8.75. The largest absolute Gasteiger partial charge is 0.465 e. The number of carbonyl (C=O) groups excluding carboxylic acids is 3. The first-order valence-electron chi connectivity index (χ1n) is 14.9. The van der Waals surface area contributed by atoms with E-state index in [1.165, 1.54) is 0 Å². The van der Waals surface area contributed by atoms with Crippen LogP contribution in [0.3, 0.4) is 0 Å². The van der Waals surface area contributed by atoms with Crippen LogP contribution in [-0.4, -0.2) is 49.4 Å². The number of hydrogen-bond acceptors (Lipinski definition) is 7. The molecule has 7 nitrogen and oxygen atoms in total. The Kier molecular flexibility index (Phi) is 7.00. The Morgan fingerprint density at radius 1 is 0.902 bits per heavy atom. The predicted octanol–water partition coefficient (Wildman–Crippen LogP) is 6.01. The van der Waals surface area contributed by atoms with Crippen LogP contribution in [0, 0.1) is 28.1 Å². The fraction of sp³-hybridized carbons (Fsp3) is 0.559. The van der Waals surface area contributed by atoms with Crippen molar-refractivity contribution in [1.82, 2.24) is 0 Å². The molecule has 0 amide bonds. The highest BCUT2D eigenvalue weighted by molar-refractivity contribution is 5.90. The third kappa shape index (κ3) is 4.76. The molecule has 2 aromatic carbocycles. The van der Waals surface area contributed by atoms with Crippen LogP contribution in [0.5, 0.6) is 0 Å². The zero-order chi connectivity index (χ0) is 28.9. The highest BCUT2D eigenvalue weighted by Crippen LogP contribution is 2.68. The van der Waals surface area contributed by atoms with E-state index < -0.39 is 23.1 Å². The van der Waals surface area contributed by atoms with Gasteiger partial charge in [-0.3, -0.25) is 4.79 Å². The number of ether oxygens (including phenoxy) is 4. The average molecular weight is 561 g/mol. The van der Waals surface area contributed by atoms with Gasteiger partial charge >= 0.3 is 17.9 Å². The topological polar surface area (TPSA) is 88.1 Å². The van der Waals surface area contributed by atoms with Crippen molar-refractivity contribution >= 4 is 17.9 Å². The summed E-state index contributed by atoms with van der Waals surface area (Å²) in [7, 11) is 0. The van der Waals surface area contributed by atoms with Crippen LogP contribution >= 0.6 is 0 Å². The van der Waals surface area contributed by atoms with Crippen molar-refractivity contribution in [1.29, 1.82) is 0 Å². The number of carbonyl (C=O) groups is 3. The van der Waals surface area contributed by atoms with Gasteiger partial charge in [0.2, 0.25) is 0 Å². The summed E-state index contributed by atoms with van der Waals surface area (Å²) in [6.45, 7) is 7.60. The van der Waals surface area contributed by atoms with Gasteiger partial charge in [0.05, 0.1) is 36.4 Å². The quantitative estimate of drug-likeness (QED) is 0.327. The molecule has 0 radical (unpaired) electrons. The van der Waals surface area contributed by atoms with Crippen molar-refractivity contribution < 1.29 is 33.3 Å². The molecule has 6 rings (SSSR count). The fourth-order valence-corrected chi connectivity index (χ4v) is 8.75. The lowest BCUT2D eigenvalue weighted by Crippen LogP contribution is -2.67. The Bertz CT molecular complexity index is 1310. The predicted molar refractivity (Wildman–Crippen MR) is 151 cm³/mol. The zero-order valence-electron chi connectivity index (χ0n) is 24.2. The second-order valence-corrected chi connectivity index (χ2v) is 13.5. The molecule has 7 heteroatoms. The first kappa shape index (κ1) is 28.0. The van der Waals surface area contributed by atoms with E-state index in [1.54, 1.807) is 24.3 Å². The summed E-state index contributed by atoms with van der Waals surface area (Å²) < 4.78 is 24.8. The minimum Gasteiger partial charge on any atom is -0.465 e. The number of fused-ring (bicyclic) bond motifs is 2. The van der Waals surface area contributed by atoms with Crippen LogP contribution in [0.2, 0.25) is 0 Å². The summed E-state index contributed by atoms with van der Waals surface area (Å²) in [5.74, 6) is -0.814. The molecule has 4 fully saturated rings. The SMILES string of the molecule is C[C@H]1CC[C@]2(C)CC[C@H](OC(=O)c3ccccc3)[C@](C)(COC(=O)c3ccccc3)C2[C@@]12CC1(COC(=O)C1)CO2. The minimum absolute atomic E-state index is 0.0766. The molecule has 0 bridgehead atoms. The van der Waals surface area contributed by atoms with E-state index in [9.17, 15) is 14.4 Å². The van der Waals surface area contributed by atoms with Gasteiger partial charge in [-0.1, -0.05) is 57.2 Å². The van der Waals surface area contributed by atoms with Crippen molar-refractivity contribution in [3.05, 3.63) is 71.8 Å². The van der Waals surface area contributed by atoms with Crippen molar-refractivity contribution in [2.24, 2.45) is 28.1 Å². The Labute approximate surface area is 241 Å². The van der Waals surface area contributed by atoms with Crippen LogP contribution in [0.4, 0.5) is 0 Å². The van der Waals surface area contributed by atoms with Gasteiger partial charge in [0.15, 0.2) is 0 Å². The third-order valence-electron chi connectivity index (χ3n) is 10.7. The number of benzene rings is 2.